The molecule has 3 N–H and O–H groups in total. The van der Waals surface area contributed by atoms with Crippen molar-refractivity contribution in [1.82, 2.24) is 20.1 Å². The van der Waals surface area contributed by atoms with Crippen LogP contribution in [0.15, 0.2) is 84.5 Å². The number of methoxy groups -OCH3 is 3. The molecule has 0 radical (unpaired) electrons. The van der Waals surface area contributed by atoms with Gasteiger partial charge in [-0.3, -0.25) is 19.4 Å². The van der Waals surface area contributed by atoms with Crippen molar-refractivity contribution in [2.45, 2.75) is 87.5 Å². The van der Waals surface area contributed by atoms with Crippen molar-refractivity contribution in [2.24, 2.45) is 11.3 Å². The number of nitrogens with one attached hydrogen (secondary N) is 2. The molecule has 5 aliphatic heterocycles. The number of ether oxygens (including phenoxy) is 5. The fraction of sp³-hybridized carbons (Fsp3) is 0.491. The van der Waals surface area contributed by atoms with Gasteiger partial charge >= 0.3 is 18.0 Å². The molecule has 1 spiro atoms. The number of carbonyl (C=O) groups excluding carboxylic acids is 3. The number of aliphatic hydroxyl groups is 1. The van der Waals surface area contributed by atoms with Crippen LogP contribution in [0.1, 0.15) is 68.8 Å². The molecule has 354 valence electrons. The highest BCUT2D eigenvalue weighted by Gasteiger charge is 2.78. The Hall–Kier alpha value is -5.83. The van der Waals surface area contributed by atoms with Crippen molar-refractivity contribution in [2.75, 3.05) is 72.5 Å². The molecule has 10 rings (SSSR count). The van der Waals surface area contributed by atoms with Crippen molar-refractivity contribution in [1.29, 1.82) is 0 Å². The highest BCUT2D eigenvalue weighted by Crippen LogP contribution is 2.68. The molecule has 1 unspecified atom stereocenters. The SMILES string of the molecule is CCC1=C[C@@H]2CN(CCc3c([nH]c4ccccc34)[C@@](C(=O)OC)(c3cc4c(cc3OC)N(C)[C@H]3[C@@](O)(CNC(=O)Oc5ccccc5OC)[C@H](OC(C)=O)[C@]5(CC)C=CCN6CC[C@]43[C@@H]65)C2)C1. The van der Waals surface area contributed by atoms with Gasteiger partial charge in [-0.2, -0.15) is 0 Å². The quantitative estimate of drug-likeness (QED) is 0.119. The van der Waals surface area contributed by atoms with Gasteiger partial charge in [0.15, 0.2) is 11.5 Å². The number of benzene rings is 3. The van der Waals surface area contributed by atoms with E-state index in [1.165, 1.54) is 26.7 Å². The molecule has 3 aromatic carbocycles. The summed E-state index contributed by atoms with van der Waals surface area (Å²) in [7, 11) is 6.58. The molecule has 67 heavy (non-hydrogen) atoms. The molecule has 2 bridgehead atoms. The smallest absolute Gasteiger partial charge is 0.412 e. The van der Waals surface area contributed by atoms with E-state index < -0.39 is 46.1 Å². The number of rotatable bonds is 10. The van der Waals surface area contributed by atoms with Crippen LogP contribution >= 0.6 is 0 Å². The minimum Gasteiger partial charge on any atom is -0.496 e. The van der Waals surface area contributed by atoms with Gasteiger partial charge in [0.1, 0.15) is 22.9 Å². The minimum absolute atomic E-state index is 0.0100. The molecule has 14 nitrogen and oxygen atoms in total. The van der Waals surface area contributed by atoms with E-state index in [0.29, 0.717) is 49.4 Å². The zero-order valence-electron chi connectivity index (χ0n) is 39.6. The van der Waals surface area contributed by atoms with Gasteiger partial charge in [-0.1, -0.05) is 68.0 Å². The Balaban J connectivity index is 1.21. The summed E-state index contributed by atoms with van der Waals surface area (Å²) in [5.41, 5.74) is 1.69. The number of esters is 2. The third-order valence-corrected chi connectivity index (χ3v) is 16.4. The number of aromatic nitrogens is 1. The van der Waals surface area contributed by atoms with Crippen LogP contribution in [0.25, 0.3) is 10.9 Å². The van der Waals surface area contributed by atoms with Gasteiger partial charge in [0.25, 0.3) is 0 Å². The summed E-state index contributed by atoms with van der Waals surface area (Å²) >= 11 is 0. The zero-order valence-corrected chi connectivity index (χ0v) is 39.6. The number of aromatic amines is 1. The largest absolute Gasteiger partial charge is 0.496 e. The van der Waals surface area contributed by atoms with E-state index in [9.17, 15) is 14.7 Å². The second-order valence-corrected chi connectivity index (χ2v) is 19.6. The van der Waals surface area contributed by atoms with E-state index in [-0.39, 0.29) is 30.2 Å². The molecular formula is C53H63N5O9. The van der Waals surface area contributed by atoms with Gasteiger partial charge in [0.05, 0.1) is 33.9 Å². The predicted octanol–water partition coefficient (Wildman–Crippen LogP) is 6.42. The van der Waals surface area contributed by atoms with Crippen molar-refractivity contribution in [3.63, 3.8) is 0 Å². The van der Waals surface area contributed by atoms with Crippen LogP contribution in [0, 0.1) is 11.3 Å². The maximum atomic E-state index is 15.5. The third-order valence-electron chi connectivity index (χ3n) is 16.4. The number of nitrogens with zero attached hydrogens (tertiary/aromatic N) is 3. The van der Waals surface area contributed by atoms with Gasteiger partial charge in [0.2, 0.25) is 0 Å². The summed E-state index contributed by atoms with van der Waals surface area (Å²) in [6.45, 7) is 9.22. The Morgan fingerprint density at radius 2 is 1.70 bits per heavy atom. The monoisotopic (exact) mass is 913 g/mol. The second-order valence-electron chi connectivity index (χ2n) is 19.6. The molecule has 9 atom stereocenters. The molecule has 6 heterocycles. The van der Waals surface area contributed by atoms with E-state index in [1.807, 2.05) is 25.2 Å². The number of likely N-dealkylation sites (N-methyl/N-ethyl adjacent to an activating group) is 1. The van der Waals surface area contributed by atoms with E-state index in [2.05, 4.69) is 75.3 Å². The summed E-state index contributed by atoms with van der Waals surface area (Å²) in [6, 6.07) is 18.3. The number of amides is 1. The van der Waals surface area contributed by atoms with Crippen LogP contribution in [-0.4, -0.2) is 129 Å². The molecule has 4 aromatic rings. The van der Waals surface area contributed by atoms with Gasteiger partial charge in [-0.05, 0) is 80.0 Å². The topological polar surface area (TPSA) is 155 Å². The number of para-hydroxylation sites is 3. The number of hydrogen-bond acceptors (Lipinski definition) is 12. The molecule has 1 aromatic heterocycles. The Morgan fingerprint density at radius 1 is 0.940 bits per heavy atom. The fourth-order valence-electron chi connectivity index (χ4n) is 14.1. The molecule has 1 amide bonds. The van der Waals surface area contributed by atoms with Crippen LogP contribution in [0.3, 0.4) is 0 Å². The Morgan fingerprint density at radius 3 is 2.43 bits per heavy atom. The molecular weight excluding hydrogens is 851 g/mol. The Kier molecular flexibility index (Phi) is 11.2. The minimum atomic E-state index is -1.90. The predicted molar refractivity (Wildman–Crippen MR) is 254 cm³/mol. The van der Waals surface area contributed by atoms with E-state index >= 15 is 4.79 Å². The van der Waals surface area contributed by atoms with Gasteiger partial charge in [0, 0.05) is 90.9 Å². The first-order chi connectivity index (χ1) is 32.3. The lowest BCUT2D eigenvalue weighted by atomic mass is 9.47. The van der Waals surface area contributed by atoms with E-state index in [0.717, 1.165) is 65.9 Å². The first-order valence-electron chi connectivity index (χ1n) is 23.8. The van der Waals surface area contributed by atoms with Gasteiger partial charge in [-0.25, -0.2) is 4.79 Å². The number of fused-ring (bicyclic) bond motifs is 6. The maximum Gasteiger partial charge on any atom is 0.412 e. The Labute approximate surface area is 392 Å². The van der Waals surface area contributed by atoms with E-state index in [4.69, 9.17) is 23.7 Å². The Bertz CT molecular complexity index is 2700. The van der Waals surface area contributed by atoms with Crippen LogP contribution in [0.2, 0.25) is 0 Å². The average molecular weight is 914 g/mol. The fourth-order valence-corrected chi connectivity index (χ4v) is 14.1. The highest BCUT2D eigenvalue weighted by atomic mass is 16.6. The first kappa shape index (κ1) is 45.0. The average Bonchev–Trinajstić information content (AvgIpc) is 4.00. The summed E-state index contributed by atoms with van der Waals surface area (Å²) in [5, 5.41) is 17.9. The second kappa shape index (κ2) is 16.7. The van der Waals surface area contributed by atoms with Crippen molar-refractivity contribution in [3.8, 4) is 17.2 Å². The molecule has 1 aliphatic carbocycles. The van der Waals surface area contributed by atoms with Crippen LogP contribution in [-0.2, 0) is 36.3 Å². The maximum absolute atomic E-state index is 15.5. The van der Waals surface area contributed by atoms with Gasteiger partial charge < -0.3 is 44.0 Å². The molecule has 6 aliphatic rings. The standard InChI is InChI=1S/C53H63N5O9/c1-8-33-25-34-28-52(48(60)65-7,44-36(19-23-57(29-33)30-34)35-15-10-11-16-39(35)55-44)38-26-37-40(27-43(38)64-6)56(4)46-51(37)21-24-58-22-14-20-50(9-2,45(51)58)47(66-32(3)59)53(46,62)31-54-49(61)67-42-18-13-12-17-41(42)63-5/h10-18,20,25-27,34,45-47,55,62H,8-9,19,21-24,28-31H2,1-7H3,(H,54,61)/t34-,45-,46+,47+,50+,51+,52-,53-/m0/s1. The molecule has 1 saturated heterocycles. The third kappa shape index (κ3) is 6.56. The number of carbonyl (C=O) groups is 3. The lowest BCUT2D eigenvalue weighted by Crippen LogP contribution is -2.81. The van der Waals surface area contributed by atoms with Crippen molar-refractivity contribution >= 4 is 34.6 Å². The van der Waals surface area contributed by atoms with Crippen LogP contribution < -0.4 is 24.4 Å². The number of anilines is 1. The summed E-state index contributed by atoms with van der Waals surface area (Å²) in [5.74, 6) is 0.194. The number of hydrogen-bond donors (Lipinski definition) is 3. The van der Waals surface area contributed by atoms with Gasteiger partial charge in [-0.15, -0.1) is 0 Å². The van der Waals surface area contributed by atoms with Crippen LogP contribution in [0.4, 0.5) is 10.5 Å². The lowest BCUT2D eigenvalue weighted by molar-refractivity contribution is -0.216. The van der Waals surface area contributed by atoms with Crippen molar-refractivity contribution < 1.29 is 43.2 Å². The highest BCUT2D eigenvalue weighted by molar-refractivity contribution is 5.94. The molecule has 1 saturated carbocycles. The zero-order chi connectivity index (χ0) is 47.0. The lowest BCUT2D eigenvalue weighted by Gasteiger charge is -2.64. The van der Waals surface area contributed by atoms with Crippen molar-refractivity contribution in [3.05, 3.63) is 107 Å². The summed E-state index contributed by atoms with van der Waals surface area (Å²) < 4.78 is 30.2. The van der Waals surface area contributed by atoms with Crippen LogP contribution in [0.5, 0.6) is 17.2 Å². The first-order valence-corrected chi connectivity index (χ1v) is 23.8. The summed E-state index contributed by atoms with van der Waals surface area (Å²) in [4.78, 5) is 53.6. The molecule has 14 heteroatoms. The normalized spacial score (nSPS) is 31.5. The molecule has 2 fully saturated rings. The summed E-state index contributed by atoms with van der Waals surface area (Å²) in [6.07, 6.45) is 7.97. The van der Waals surface area contributed by atoms with E-state index in [1.54, 1.807) is 31.4 Å². The number of H-pyrrole nitrogens is 1.